The zero-order valence-electron chi connectivity index (χ0n) is 16.2. The van der Waals surface area contributed by atoms with Gasteiger partial charge in [-0.3, -0.25) is 9.59 Å². The predicted octanol–water partition coefficient (Wildman–Crippen LogP) is 2.62. The Hall–Kier alpha value is -3.35. The molecule has 1 aromatic carbocycles. The van der Waals surface area contributed by atoms with Gasteiger partial charge in [0.25, 0.3) is 5.56 Å². The zero-order valence-corrected chi connectivity index (χ0v) is 16.2. The molecule has 3 rings (SSSR count). The van der Waals surface area contributed by atoms with Gasteiger partial charge in [0.1, 0.15) is 23.2 Å². The number of hydrogen-bond acceptors (Lipinski definition) is 5. The smallest absolute Gasteiger partial charge is 0.290 e. The molecule has 0 saturated carbocycles. The maximum atomic E-state index is 12.5. The number of benzene rings is 1. The minimum Gasteiger partial charge on any atom is -0.466 e. The van der Waals surface area contributed by atoms with Crippen molar-refractivity contribution < 1.29 is 9.21 Å². The van der Waals surface area contributed by atoms with Crippen LogP contribution in [-0.2, 0) is 11.2 Å². The van der Waals surface area contributed by atoms with E-state index in [1.165, 1.54) is 6.07 Å². The van der Waals surface area contributed by atoms with Crippen molar-refractivity contribution in [1.82, 2.24) is 15.1 Å². The molecular formula is C21H24N4O3. The topological polar surface area (TPSA) is 103 Å². The van der Waals surface area contributed by atoms with E-state index in [9.17, 15) is 9.59 Å². The van der Waals surface area contributed by atoms with Gasteiger partial charge in [0.15, 0.2) is 0 Å². The summed E-state index contributed by atoms with van der Waals surface area (Å²) in [7, 11) is 0. The molecule has 3 aromatic rings. The molecule has 0 saturated heterocycles. The van der Waals surface area contributed by atoms with Crippen LogP contribution in [0.3, 0.4) is 0 Å². The van der Waals surface area contributed by atoms with Crippen LogP contribution in [0.5, 0.6) is 0 Å². The largest absolute Gasteiger partial charge is 0.466 e. The number of hydrogen-bond donors (Lipinski definition) is 2. The van der Waals surface area contributed by atoms with Gasteiger partial charge in [-0.1, -0.05) is 30.3 Å². The Labute approximate surface area is 163 Å². The molecule has 0 fully saturated rings. The number of nitrogen functional groups attached to an aromatic ring is 1. The summed E-state index contributed by atoms with van der Waals surface area (Å²) in [5, 5.41) is 7.22. The average molecular weight is 380 g/mol. The number of rotatable bonds is 6. The Morgan fingerprint density at radius 3 is 2.61 bits per heavy atom. The van der Waals surface area contributed by atoms with Crippen LogP contribution < -0.4 is 16.6 Å². The summed E-state index contributed by atoms with van der Waals surface area (Å²) < 4.78 is 6.66. The van der Waals surface area contributed by atoms with Crippen molar-refractivity contribution >= 4 is 11.6 Å². The van der Waals surface area contributed by atoms with Crippen molar-refractivity contribution in [2.24, 2.45) is 0 Å². The number of nitrogens with two attached hydrogens (primary N) is 1. The van der Waals surface area contributed by atoms with Crippen LogP contribution in [0.15, 0.2) is 51.7 Å². The number of furan rings is 1. The van der Waals surface area contributed by atoms with Crippen LogP contribution in [0.4, 0.5) is 5.69 Å². The maximum Gasteiger partial charge on any atom is 0.290 e. The summed E-state index contributed by atoms with van der Waals surface area (Å²) in [5.41, 5.74) is 7.80. The van der Waals surface area contributed by atoms with Gasteiger partial charge < -0.3 is 15.5 Å². The predicted molar refractivity (Wildman–Crippen MR) is 108 cm³/mol. The van der Waals surface area contributed by atoms with E-state index in [1.54, 1.807) is 6.92 Å². The van der Waals surface area contributed by atoms with E-state index in [0.29, 0.717) is 24.4 Å². The lowest BCUT2D eigenvalue weighted by atomic mass is 10.1. The summed E-state index contributed by atoms with van der Waals surface area (Å²) in [6, 6.07) is 12.4. The standard InChI is InChI=1S/C21H24N4O3/c1-13-11-17(15(3)28-13)19-12-18(22)21(27)25(24-19)14(2)20(26)23-10-9-16-7-5-4-6-8-16/h4-8,11-12,14H,9-10,22H2,1-3H3,(H,23,26)/t14-/m1/s1. The molecule has 3 N–H and O–H groups in total. The molecule has 1 atom stereocenters. The third-order valence-corrected chi connectivity index (χ3v) is 4.58. The van der Waals surface area contributed by atoms with Gasteiger partial charge in [-0.25, -0.2) is 4.68 Å². The second kappa shape index (κ2) is 8.12. The Morgan fingerprint density at radius 2 is 1.96 bits per heavy atom. The van der Waals surface area contributed by atoms with E-state index < -0.39 is 11.6 Å². The van der Waals surface area contributed by atoms with Crippen LogP contribution in [-0.4, -0.2) is 22.2 Å². The third-order valence-electron chi connectivity index (χ3n) is 4.58. The molecule has 0 aliphatic heterocycles. The Morgan fingerprint density at radius 1 is 1.25 bits per heavy atom. The Bertz CT molecular complexity index is 1040. The zero-order chi connectivity index (χ0) is 20.3. The number of nitrogens with one attached hydrogen (secondary N) is 1. The number of carbonyl (C=O) groups excluding carboxylic acids is 1. The molecule has 7 nitrogen and oxygen atoms in total. The van der Waals surface area contributed by atoms with Gasteiger partial charge in [0, 0.05) is 12.1 Å². The van der Waals surface area contributed by atoms with Gasteiger partial charge in [0.05, 0.1) is 5.69 Å². The SMILES string of the molecule is Cc1cc(-c2cc(N)c(=O)n([C@H](C)C(=O)NCCc3ccccc3)n2)c(C)o1. The van der Waals surface area contributed by atoms with Crippen LogP contribution in [0, 0.1) is 13.8 Å². The molecule has 0 bridgehead atoms. The minimum atomic E-state index is -0.793. The molecule has 0 aliphatic rings. The normalized spacial score (nSPS) is 12.0. The van der Waals surface area contributed by atoms with Crippen LogP contribution in [0.2, 0.25) is 0 Å². The summed E-state index contributed by atoms with van der Waals surface area (Å²) in [4.78, 5) is 25.0. The second-order valence-corrected chi connectivity index (χ2v) is 6.76. The van der Waals surface area contributed by atoms with E-state index in [0.717, 1.165) is 21.6 Å². The van der Waals surface area contributed by atoms with Crippen LogP contribution in [0.1, 0.15) is 30.0 Å². The molecule has 2 heterocycles. The van der Waals surface area contributed by atoms with Crippen molar-refractivity contribution in [2.75, 3.05) is 12.3 Å². The third kappa shape index (κ3) is 4.14. The molecule has 1 amide bonds. The van der Waals surface area contributed by atoms with E-state index in [1.807, 2.05) is 50.2 Å². The summed E-state index contributed by atoms with van der Waals surface area (Å²) in [6.07, 6.45) is 0.706. The summed E-state index contributed by atoms with van der Waals surface area (Å²) in [6.45, 7) is 5.74. The van der Waals surface area contributed by atoms with Crippen molar-refractivity contribution in [3.05, 3.63) is 69.9 Å². The highest BCUT2D eigenvalue weighted by molar-refractivity contribution is 5.80. The van der Waals surface area contributed by atoms with Crippen LogP contribution >= 0.6 is 0 Å². The van der Waals surface area contributed by atoms with Gasteiger partial charge in [-0.05, 0) is 44.9 Å². The van der Waals surface area contributed by atoms with Gasteiger partial charge in [-0.2, -0.15) is 5.10 Å². The first kappa shape index (κ1) is 19.4. The van der Waals surface area contributed by atoms with E-state index in [-0.39, 0.29) is 11.6 Å². The first-order valence-corrected chi connectivity index (χ1v) is 9.15. The first-order chi connectivity index (χ1) is 13.4. The molecular weight excluding hydrogens is 356 g/mol. The van der Waals surface area contributed by atoms with E-state index in [4.69, 9.17) is 10.2 Å². The number of nitrogens with zero attached hydrogens (tertiary/aromatic N) is 2. The summed E-state index contributed by atoms with van der Waals surface area (Å²) >= 11 is 0. The second-order valence-electron chi connectivity index (χ2n) is 6.76. The number of aromatic nitrogens is 2. The monoisotopic (exact) mass is 380 g/mol. The molecule has 2 aromatic heterocycles. The maximum absolute atomic E-state index is 12.5. The number of carbonyl (C=O) groups is 1. The van der Waals surface area contributed by atoms with Gasteiger partial charge >= 0.3 is 0 Å². The van der Waals surface area contributed by atoms with Crippen molar-refractivity contribution in [3.63, 3.8) is 0 Å². The average Bonchev–Trinajstić information content (AvgIpc) is 3.02. The fraction of sp³-hybridized carbons (Fsp3) is 0.286. The molecule has 146 valence electrons. The van der Waals surface area contributed by atoms with Crippen LogP contribution in [0.25, 0.3) is 11.3 Å². The van der Waals surface area contributed by atoms with Crippen molar-refractivity contribution in [3.8, 4) is 11.3 Å². The molecule has 7 heteroatoms. The highest BCUT2D eigenvalue weighted by atomic mass is 16.3. The van der Waals surface area contributed by atoms with Crippen molar-refractivity contribution in [2.45, 2.75) is 33.2 Å². The fourth-order valence-corrected chi connectivity index (χ4v) is 3.04. The van der Waals surface area contributed by atoms with Gasteiger partial charge in [0.2, 0.25) is 5.91 Å². The Balaban J connectivity index is 1.78. The molecule has 0 aliphatic carbocycles. The lowest BCUT2D eigenvalue weighted by molar-refractivity contribution is -0.124. The highest BCUT2D eigenvalue weighted by Gasteiger charge is 2.20. The fourth-order valence-electron chi connectivity index (χ4n) is 3.04. The van der Waals surface area contributed by atoms with E-state index in [2.05, 4.69) is 10.4 Å². The first-order valence-electron chi connectivity index (χ1n) is 9.15. The van der Waals surface area contributed by atoms with Gasteiger partial charge in [-0.15, -0.1) is 0 Å². The lowest BCUT2D eigenvalue weighted by Crippen LogP contribution is -2.38. The van der Waals surface area contributed by atoms with E-state index >= 15 is 0 Å². The highest BCUT2D eigenvalue weighted by Crippen LogP contribution is 2.25. The quantitative estimate of drug-likeness (QED) is 0.684. The molecule has 0 unspecified atom stereocenters. The molecule has 0 spiro atoms. The molecule has 0 radical (unpaired) electrons. The molecule has 28 heavy (non-hydrogen) atoms. The summed E-state index contributed by atoms with van der Waals surface area (Å²) in [5.74, 6) is 1.12. The minimum absolute atomic E-state index is 0.0344. The lowest BCUT2D eigenvalue weighted by Gasteiger charge is -2.16. The number of aryl methyl sites for hydroxylation is 2. The van der Waals surface area contributed by atoms with Crippen molar-refractivity contribution in [1.29, 1.82) is 0 Å². The Kier molecular flexibility index (Phi) is 5.63. The number of amides is 1. The number of anilines is 1.